The molecule has 0 aliphatic rings. The lowest BCUT2D eigenvalue weighted by Gasteiger charge is -2.13. The fourth-order valence-electron chi connectivity index (χ4n) is 1.91. The number of nitrogens with one attached hydrogen (secondary N) is 1. The van der Waals surface area contributed by atoms with Gasteiger partial charge >= 0.3 is 5.95 Å². The fourth-order valence-corrected chi connectivity index (χ4v) is 1.91. The van der Waals surface area contributed by atoms with Crippen molar-refractivity contribution in [2.45, 2.75) is 41.0 Å². The Morgan fingerprint density at radius 2 is 1.67 bits per heavy atom. The first-order chi connectivity index (χ1) is 11.6. The lowest BCUT2D eigenvalue weighted by molar-refractivity contribution is -0.672. The highest BCUT2D eigenvalue weighted by Gasteiger charge is 2.18. The van der Waals surface area contributed by atoms with Crippen molar-refractivity contribution in [3.63, 3.8) is 0 Å². The number of hydrogen-bond donors (Lipinski definition) is 1. The molecule has 0 saturated carbocycles. The molecule has 0 amide bonds. The molecular formula is C17H31N5O2. The summed E-state index contributed by atoms with van der Waals surface area (Å²) in [5.41, 5.74) is 0.574. The third-order valence-electron chi connectivity index (χ3n) is 3.22. The van der Waals surface area contributed by atoms with Crippen LogP contribution in [-0.4, -0.2) is 36.7 Å². The molecule has 7 heteroatoms. The van der Waals surface area contributed by atoms with Crippen molar-refractivity contribution in [2.24, 2.45) is 0 Å². The Hall–Kier alpha value is -2.15. The molecule has 0 fully saturated rings. The van der Waals surface area contributed by atoms with E-state index >= 15 is 0 Å². The highest BCUT2D eigenvalue weighted by atomic mass is 16.5. The van der Waals surface area contributed by atoms with Crippen molar-refractivity contribution < 1.29 is 9.58 Å². The molecule has 0 aliphatic heterocycles. The maximum atomic E-state index is 12.1. The second-order valence-electron chi connectivity index (χ2n) is 4.66. The number of nitrogens with zero attached hydrogens (tertiary/aromatic N) is 4. The molecule has 2 aromatic rings. The highest BCUT2D eigenvalue weighted by Crippen LogP contribution is 2.05. The largest absolute Gasteiger partial charge is 0.739 e. The minimum absolute atomic E-state index is 0.0397. The summed E-state index contributed by atoms with van der Waals surface area (Å²) in [5, 5.41) is 30.5. The first kappa shape index (κ1) is 21.9. The Balaban J connectivity index is 0.00000123. The zero-order valence-corrected chi connectivity index (χ0v) is 15.7. The molecule has 24 heavy (non-hydrogen) atoms. The first-order valence-electron chi connectivity index (χ1n) is 8.68. The lowest BCUT2D eigenvalue weighted by Crippen LogP contribution is -2.44. The molecular weight excluding hydrogens is 306 g/mol. The molecule has 7 nitrogen and oxygen atoms in total. The second kappa shape index (κ2) is 12.3. The van der Waals surface area contributed by atoms with E-state index in [4.69, 9.17) is 0 Å². The summed E-state index contributed by atoms with van der Waals surface area (Å²) in [4.78, 5) is 2.65. The SMILES string of the molecule is CC.CC.CCN(C)CCCNc1n[n+]([O-])c2ccccc2[n+]1[O-]. The molecule has 0 radical (unpaired) electrons. The molecule has 0 unspecified atom stereocenters. The topological polar surface area (TPSA) is 82.0 Å². The van der Waals surface area contributed by atoms with Gasteiger partial charge in [-0.05, 0) is 26.1 Å². The quantitative estimate of drug-likeness (QED) is 0.497. The number of aromatic nitrogens is 3. The van der Waals surface area contributed by atoms with Crippen LogP contribution >= 0.6 is 0 Å². The van der Waals surface area contributed by atoms with Crippen LogP contribution in [0.4, 0.5) is 5.95 Å². The summed E-state index contributed by atoms with van der Waals surface area (Å²) in [5.74, 6) is 0.0397. The molecule has 0 aliphatic carbocycles. The van der Waals surface area contributed by atoms with Crippen molar-refractivity contribution in [1.29, 1.82) is 0 Å². The number of anilines is 1. The summed E-state index contributed by atoms with van der Waals surface area (Å²) in [6, 6.07) is 6.60. The normalized spacial score (nSPS) is 9.79. The Kier molecular flexibility index (Phi) is 11.2. The fraction of sp³-hybridized carbons (Fsp3) is 0.588. The average molecular weight is 337 g/mol. The maximum Gasteiger partial charge on any atom is 0.460 e. The number of fused-ring (bicyclic) bond motifs is 1. The zero-order chi connectivity index (χ0) is 18.5. The zero-order valence-electron chi connectivity index (χ0n) is 15.7. The molecule has 0 bridgehead atoms. The van der Waals surface area contributed by atoms with Gasteiger partial charge in [-0.15, -0.1) is 0 Å². The molecule has 1 aromatic heterocycles. The van der Waals surface area contributed by atoms with Gasteiger partial charge < -0.3 is 15.3 Å². The van der Waals surface area contributed by atoms with Crippen LogP contribution in [-0.2, 0) is 0 Å². The Labute approximate surface area is 145 Å². The van der Waals surface area contributed by atoms with E-state index in [9.17, 15) is 10.4 Å². The van der Waals surface area contributed by atoms with E-state index in [-0.39, 0.29) is 11.5 Å². The number of rotatable bonds is 6. The molecule has 0 spiro atoms. The third-order valence-corrected chi connectivity index (χ3v) is 3.22. The van der Waals surface area contributed by atoms with Crippen molar-refractivity contribution in [1.82, 2.24) is 10.00 Å². The molecule has 1 N–H and O–H groups in total. The van der Waals surface area contributed by atoms with Crippen LogP contribution in [0.3, 0.4) is 0 Å². The lowest BCUT2D eigenvalue weighted by atomic mass is 10.3. The van der Waals surface area contributed by atoms with E-state index in [1.807, 2.05) is 34.7 Å². The van der Waals surface area contributed by atoms with E-state index in [1.165, 1.54) is 0 Å². The summed E-state index contributed by atoms with van der Waals surface area (Å²) < 4.78 is 0.660. The molecule has 1 aromatic carbocycles. The summed E-state index contributed by atoms with van der Waals surface area (Å²) in [7, 11) is 2.04. The summed E-state index contributed by atoms with van der Waals surface area (Å²) in [6.45, 7) is 12.6. The monoisotopic (exact) mass is 337 g/mol. The van der Waals surface area contributed by atoms with Gasteiger partial charge in [0.15, 0.2) is 5.52 Å². The van der Waals surface area contributed by atoms with E-state index < -0.39 is 0 Å². The van der Waals surface area contributed by atoms with Gasteiger partial charge in [0, 0.05) is 17.5 Å². The van der Waals surface area contributed by atoms with Crippen LogP contribution in [0.2, 0.25) is 0 Å². The number of hydrogen-bond acceptors (Lipinski definition) is 5. The van der Waals surface area contributed by atoms with Crippen molar-refractivity contribution in [3.05, 3.63) is 34.7 Å². The van der Waals surface area contributed by atoms with E-state index in [1.54, 1.807) is 24.3 Å². The Morgan fingerprint density at radius 3 is 2.25 bits per heavy atom. The van der Waals surface area contributed by atoms with Gasteiger partial charge in [-0.3, -0.25) is 5.32 Å². The van der Waals surface area contributed by atoms with Crippen LogP contribution in [0.5, 0.6) is 0 Å². The van der Waals surface area contributed by atoms with Crippen LogP contribution in [0.1, 0.15) is 41.0 Å². The minimum atomic E-state index is 0.0397. The summed E-state index contributed by atoms with van der Waals surface area (Å²) >= 11 is 0. The van der Waals surface area contributed by atoms with E-state index in [0.717, 1.165) is 19.5 Å². The molecule has 0 saturated heterocycles. The third kappa shape index (κ3) is 6.16. The first-order valence-corrected chi connectivity index (χ1v) is 8.68. The van der Waals surface area contributed by atoms with Crippen molar-refractivity contribution in [2.75, 3.05) is 32.0 Å². The Bertz CT molecular complexity index is 592. The summed E-state index contributed by atoms with van der Waals surface area (Å²) in [6.07, 6.45) is 0.873. The van der Waals surface area contributed by atoms with Gasteiger partial charge in [-0.25, -0.2) is 4.73 Å². The van der Waals surface area contributed by atoms with Gasteiger partial charge in [0.1, 0.15) is 0 Å². The van der Waals surface area contributed by atoms with Crippen LogP contribution in [0.25, 0.3) is 11.0 Å². The number of para-hydroxylation sites is 2. The highest BCUT2D eigenvalue weighted by molar-refractivity contribution is 5.67. The maximum absolute atomic E-state index is 12.1. The van der Waals surface area contributed by atoms with E-state index in [0.29, 0.717) is 21.6 Å². The molecule has 1 heterocycles. The van der Waals surface area contributed by atoms with Crippen LogP contribution in [0, 0.1) is 10.4 Å². The minimum Gasteiger partial charge on any atom is -0.739 e. The standard InChI is InChI=1S/C13H19N5O2.2C2H6/c1-3-16(2)10-6-9-14-13-15-18(20)12-8-5-4-7-11(12)17(13)19;2*1-2/h4-5,7-8H,3,6,9-10H2,1-2H3,(H,14,15);2*1-2H3. The van der Waals surface area contributed by atoms with Gasteiger partial charge in [0.05, 0.1) is 6.54 Å². The van der Waals surface area contributed by atoms with Crippen LogP contribution < -0.4 is 14.9 Å². The van der Waals surface area contributed by atoms with Gasteiger partial charge in [-0.2, -0.15) is 0 Å². The smallest absolute Gasteiger partial charge is 0.460 e. The Morgan fingerprint density at radius 1 is 1.08 bits per heavy atom. The second-order valence-corrected chi connectivity index (χ2v) is 4.66. The van der Waals surface area contributed by atoms with Crippen LogP contribution in [0.15, 0.2) is 24.3 Å². The predicted molar refractivity (Wildman–Crippen MR) is 98.6 cm³/mol. The molecule has 136 valence electrons. The molecule has 0 atom stereocenters. The van der Waals surface area contributed by atoms with E-state index in [2.05, 4.69) is 22.2 Å². The molecule has 2 rings (SSSR count). The van der Waals surface area contributed by atoms with Crippen molar-refractivity contribution in [3.8, 4) is 0 Å². The van der Waals surface area contributed by atoms with Gasteiger partial charge in [0.25, 0.3) is 5.52 Å². The van der Waals surface area contributed by atoms with Crippen molar-refractivity contribution >= 4 is 17.0 Å². The van der Waals surface area contributed by atoms with Gasteiger partial charge in [-0.1, -0.05) is 46.8 Å². The number of benzene rings is 1. The predicted octanol–water partition coefficient (Wildman–Crippen LogP) is 2.31. The van der Waals surface area contributed by atoms with Gasteiger partial charge in [0.2, 0.25) is 5.10 Å². The average Bonchev–Trinajstić information content (AvgIpc) is 2.65.